The minimum absolute atomic E-state index is 0.288. The first kappa shape index (κ1) is 20.4. The normalized spacial score (nSPS) is 28.7. The Kier molecular flexibility index (Phi) is 6.60. The molecule has 2 amide bonds. The van der Waals surface area contributed by atoms with Crippen molar-refractivity contribution in [1.29, 1.82) is 0 Å². The van der Waals surface area contributed by atoms with E-state index < -0.39 is 12.1 Å². The largest absolute Gasteiger partial charge is 0.373 e. The Bertz CT molecular complexity index is 639. The van der Waals surface area contributed by atoms with Crippen molar-refractivity contribution in [2.45, 2.75) is 64.0 Å². The molecule has 0 aliphatic carbocycles. The van der Waals surface area contributed by atoms with Crippen molar-refractivity contribution in [1.82, 2.24) is 5.32 Å². The van der Waals surface area contributed by atoms with Gasteiger partial charge in [0.05, 0.1) is 0 Å². The fourth-order valence-electron chi connectivity index (χ4n) is 3.18. The lowest BCUT2D eigenvalue weighted by Gasteiger charge is -2.26. The molecular weight excluding hydrogens is 372 g/mol. The first-order valence-electron chi connectivity index (χ1n) is 9.31. The quantitative estimate of drug-likeness (QED) is 0.687. The zero-order valence-corrected chi connectivity index (χ0v) is 16.6. The highest BCUT2D eigenvalue weighted by molar-refractivity contribution is 6.30. The summed E-state index contributed by atoms with van der Waals surface area (Å²) in [7, 11) is 0. The van der Waals surface area contributed by atoms with E-state index >= 15 is 0 Å². The van der Waals surface area contributed by atoms with Crippen molar-refractivity contribution >= 4 is 23.3 Å². The highest BCUT2D eigenvalue weighted by atomic mass is 35.5. The van der Waals surface area contributed by atoms with Gasteiger partial charge in [-0.15, -0.1) is 0 Å². The van der Waals surface area contributed by atoms with Crippen LogP contribution in [-0.4, -0.2) is 49.6 Å². The number of carbonyl (C=O) groups excluding carboxylic acids is 1. The maximum Gasteiger partial charge on any atom is 0.319 e. The molecule has 2 aliphatic rings. The van der Waals surface area contributed by atoms with Crippen LogP contribution in [0.1, 0.15) is 33.6 Å². The molecule has 27 heavy (non-hydrogen) atoms. The number of amides is 2. The van der Waals surface area contributed by atoms with Gasteiger partial charge in [-0.1, -0.05) is 24.9 Å². The third kappa shape index (κ3) is 5.33. The van der Waals surface area contributed by atoms with Crippen LogP contribution in [0, 0.1) is 0 Å². The molecule has 4 atom stereocenters. The molecule has 2 N–H and O–H groups in total. The maximum absolute atomic E-state index is 12.2. The van der Waals surface area contributed by atoms with Gasteiger partial charge in [-0.25, -0.2) is 4.79 Å². The van der Waals surface area contributed by atoms with Crippen LogP contribution in [0.25, 0.3) is 0 Å². The summed E-state index contributed by atoms with van der Waals surface area (Å²) in [5.74, 6) is -0.702. The minimum atomic E-state index is -0.702. The maximum atomic E-state index is 12.2. The van der Waals surface area contributed by atoms with Crippen LogP contribution in [0.15, 0.2) is 24.3 Å². The fraction of sp³-hybridized carbons (Fsp3) is 0.632. The Morgan fingerprint density at radius 2 is 2.00 bits per heavy atom. The predicted molar refractivity (Wildman–Crippen MR) is 102 cm³/mol. The monoisotopic (exact) mass is 398 g/mol. The number of anilines is 1. The third-order valence-corrected chi connectivity index (χ3v) is 4.71. The van der Waals surface area contributed by atoms with Crippen LogP contribution < -0.4 is 10.6 Å². The van der Waals surface area contributed by atoms with Gasteiger partial charge in [0.1, 0.15) is 18.3 Å². The van der Waals surface area contributed by atoms with Crippen LogP contribution in [0.2, 0.25) is 5.02 Å². The van der Waals surface area contributed by atoms with Crippen LogP contribution in [0.3, 0.4) is 0 Å². The van der Waals surface area contributed by atoms with E-state index in [0.29, 0.717) is 17.3 Å². The van der Waals surface area contributed by atoms with E-state index in [-0.39, 0.29) is 30.9 Å². The van der Waals surface area contributed by atoms with Gasteiger partial charge in [0.15, 0.2) is 12.1 Å². The number of rotatable bonds is 7. The number of fused-ring (bicyclic) bond motifs is 1. The molecule has 0 radical (unpaired) electrons. The zero-order valence-electron chi connectivity index (χ0n) is 15.9. The van der Waals surface area contributed by atoms with E-state index in [2.05, 4.69) is 17.6 Å². The first-order valence-corrected chi connectivity index (χ1v) is 9.69. The van der Waals surface area contributed by atoms with Gasteiger partial charge >= 0.3 is 6.03 Å². The first-order chi connectivity index (χ1) is 12.9. The number of ether oxygens (including phenoxy) is 4. The van der Waals surface area contributed by atoms with E-state index in [1.165, 1.54) is 0 Å². The van der Waals surface area contributed by atoms with Crippen LogP contribution in [-0.2, 0) is 18.9 Å². The highest BCUT2D eigenvalue weighted by Crippen LogP contribution is 2.38. The lowest BCUT2D eigenvalue weighted by Crippen LogP contribution is -2.44. The van der Waals surface area contributed by atoms with E-state index in [9.17, 15) is 4.79 Å². The van der Waals surface area contributed by atoms with Gasteiger partial charge in [0.2, 0.25) is 0 Å². The summed E-state index contributed by atoms with van der Waals surface area (Å²) in [6.07, 6.45) is 0.565. The molecule has 0 saturated carbocycles. The smallest absolute Gasteiger partial charge is 0.319 e. The number of hydrogen-bond donors (Lipinski definition) is 2. The molecule has 0 spiro atoms. The van der Waals surface area contributed by atoms with E-state index in [4.69, 9.17) is 30.5 Å². The van der Waals surface area contributed by atoms with Crippen molar-refractivity contribution in [3.05, 3.63) is 29.3 Å². The molecule has 1 aromatic rings. The molecule has 0 unspecified atom stereocenters. The molecule has 3 rings (SSSR count). The highest BCUT2D eigenvalue weighted by Gasteiger charge is 2.55. The average molecular weight is 399 g/mol. The summed E-state index contributed by atoms with van der Waals surface area (Å²) in [4.78, 5) is 12.2. The van der Waals surface area contributed by atoms with Gasteiger partial charge in [-0.2, -0.15) is 0 Å². The molecular formula is C19H27ClN2O5. The molecule has 1 aromatic carbocycles. The number of halogens is 1. The second kappa shape index (κ2) is 8.75. The summed E-state index contributed by atoms with van der Waals surface area (Å²) in [5.41, 5.74) is 0.658. The number of nitrogens with one attached hydrogen (secondary N) is 2. The molecule has 2 aliphatic heterocycles. The molecule has 2 heterocycles. The number of urea groups is 1. The summed E-state index contributed by atoms with van der Waals surface area (Å²) in [6.45, 7) is 6.71. The number of hydrogen-bond acceptors (Lipinski definition) is 5. The lowest BCUT2D eigenvalue weighted by atomic mass is 10.1. The molecule has 7 nitrogen and oxygen atoms in total. The predicted octanol–water partition coefficient (Wildman–Crippen LogP) is 3.52. The SMILES string of the molecule is CCCCO[C@@H]1[C@H]2OC(C)(C)O[C@H]2O[C@@H]1CNC(=O)Nc1ccc(Cl)cc1. The van der Waals surface area contributed by atoms with Gasteiger partial charge in [0.25, 0.3) is 0 Å². The lowest BCUT2D eigenvalue weighted by molar-refractivity contribution is -0.217. The van der Waals surface area contributed by atoms with Gasteiger partial charge in [0, 0.05) is 23.9 Å². The molecule has 8 heteroatoms. The topological polar surface area (TPSA) is 78.1 Å². The molecule has 150 valence electrons. The average Bonchev–Trinajstić information content (AvgIpc) is 3.07. The molecule has 0 bridgehead atoms. The van der Waals surface area contributed by atoms with Crippen molar-refractivity contribution in [3.63, 3.8) is 0 Å². The number of carbonyl (C=O) groups is 1. The summed E-state index contributed by atoms with van der Waals surface area (Å²) in [6, 6.07) is 6.57. The van der Waals surface area contributed by atoms with Crippen molar-refractivity contribution in [2.75, 3.05) is 18.5 Å². The van der Waals surface area contributed by atoms with E-state index in [0.717, 1.165) is 12.8 Å². The Labute approximate surface area is 164 Å². The van der Waals surface area contributed by atoms with Crippen molar-refractivity contribution in [3.8, 4) is 0 Å². The second-order valence-corrected chi connectivity index (χ2v) is 7.61. The summed E-state index contributed by atoms with van der Waals surface area (Å²) < 4.78 is 23.7. The Balaban J connectivity index is 1.54. The van der Waals surface area contributed by atoms with Crippen molar-refractivity contribution in [2.24, 2.45) is 0 Å². The third-order valence-electron chi connectivity index (χ3n) is 4.46. The Hall–Kier alpha value is -1.38. The summed E-state index contributed by atoms with van der Waals surface area (Å²) in [5, 5.41) is 6.19. The van der Waals surface area contributed by atoms with E-state index in [1.54, 1.807) is 24.3 Å². The van der Waals surface area contributed by atoms with Gasteiger partial charge in [-0.05, 0) is 44.5 Å². The molecule has 2 fully saturated rings. The van der Waals surface area contributed by atoms with Crippen LogP contribution >= 0.6 is 11.6 Å². The number of unbranched alkanes of at least 4 members (excludes halogenated alkanes) is 1. The Morgan fingerprint density at radius 1 is 1.26 bits per heavy atom. The summed E-state index contributed by atoms with van der Waals surface area (Å²) >= 11 is 5.85. The van der Waals surface area contributed by atoms with Gasteiger partial charge in [-0.3, -0.25) is 0 Å². The Morgan fingerprint density at radius 3 is 2.70 bits per heavy atom. The molecule has 2 saturated heterocycles. The second-order valence-electron chi connectivity index (χ2n) is 7.17. The zero-order chi connectivity index (χ0) is 19.4. The van der Waals surface area contributed by atoms with Gasteiger partial charge < -0.3 is 29.6 Å². The standard InChI is InChI=1S/C19H27ClN2O5/c1-4-5-10-24-15-14(25-17-16(15)26-19(2,3)27-17)11-21-18(23)22-13-8-6-12(20)7-9-13/h6-9,14-17H,4-5,10-11H2,1-3H3,(H2,21,22,23)/t14-,15+,16-,17-/m1/s1. The van der Waals surface area contributed by atoms with Crippen LogP contribution in [0.5, 0.6) is 0 Å². The van der Waals surface area contributed by atoms with E-state index in [1.807, 2.05) is 13.8 Å². The van der Waals surface area contributed by atoms with Crippen molar-refractivity contribution < 1.29 is 23.7 Å². The van der Waals surface area contributed by atoms with Crippen LogP contribution in [0.4, 0.5) is 10.5 Å². The molecule has 0 aromatic heterocycles. The minimum Gasteiger partial charge on any atom is -0.373 e. The fourth-order valence-corrected chi connectivity index (χ4v) is 3.30. The number of benzene rings is 1.